The molecule has 0 unspecified atom stereocenters. The van der Waals surface area contributed by atoms with E-state index in [-0.39, 0.29) is 11.5 Å². The quantitative estimate of drug-likeness (QED) is 0.574. The maximum Gasteiger partial charge on any atom is 0.266 e. The van der Waals surface area contributed by atoms with Gasteiger partial charge in [0.05, 0.1) is 0 Å². The van der Waals surface area contributed by atoms with Crippen molar-refractivity contribution in [3.8, 4) is 11.8 Å². The van der Waals surface area contributed by atoms with Gasteiger partial charge in [0, 0.05) is 19.7 Å². The monoisotopic (exact) mass is 229 g/mol. The lowest BCUT2D eigenvalue weighted by Crippen LogP contribution is -2.25. The summed E-state index contributed by atoms with van der Waals surface area (Å²) in [5.74, 6) is 0.261. The van der Waals surface area contributed by atoms with Gasteiger partial charge < -0.3 is 9.74 Å². The lowest BCUT2D eigenvalue weighted by atomic mass is 10.1. The first-order valence-corrected chi connectivity index (χ1v) is 5.03. The van der Waals surface area contributed by atoms with Crippen LogP contribution in [0.1, 0.15) is 5.56 Å². The van der Waals surface area contributed by atoms with E-state index in [2.05, 4.69) is 5.48 Å². The third-order valence-electron chi connectivity index (χ3n) is 2.40. The molecule has 0 atom stereocenters. The molecule has 0 bridgehead atoms. The zero-order chi connectivity index (χ0) is 12.4. The number of carbonyl (C=O) groups is 1. The van der Waals surface area contributed by atoms with Crippen LogP contribution in [0.3, 0.4) is 0 Å². The number of nitrogens with zero attached hydrogens (tertiary/aromatic N) is 2. The predicted octanol–water partition coefficient (Wildman–Crippen LogP) is 0.906. The molecule has 17 heavy (non-hydrogen) atoms. The molecular formula is C12H11N3O2. The first-order valence-electron chi connectivity index (χ1n) is 5.03. The van der Waals surface area contributed by atoms with Crippen LogP contribution in [-0.2, 0) is 4.79 Å². The van der Waals surface area contributed by atoms with E-state index < -0.39 is 0 Å². The largest absolute Gasteiger partial charge is 0.381 e. The van der Waals surface area contributed by atoms with Gasteiger partial charge in [-0.25, -0.2) is 5.48 Å². The van der Waals surface area contributed by atoms with Crippen molar-refractivity contribution in [1.82, 2.24) is 10.4 Å². The molecule has 1 aromatic carbocycles. The van der Waals surface area contributed by atoms with E-state index in [9.17, 15) is 4.79 Å². The average Bonchev–Trinajstić information content (AvgIpc) is 2.74. The third kappa shape index (κ3) is 1.81. The van der Waals surface area contributed by atoms with E-state index in [1.54, 1.807) is 26.2 Å². The van der Waals surface area contributed by atoms with Gasteiger partial charge >= 0.3 is 0 Å². The molecule has 2 rings (SSSR count). The second kappa shape index (κ2) is 4.18. The molecule has 1 amide bonds. The third-order valence-corrected chi connectivity index (χ3v) is 2.40. The number of benzene rings is 1. The Morgan fingerprint density at radius 2 is 2.12 bits per heavy atom. The molecule has 0 fully saturated rings. The van der Waals surface area contributed by atoms with Crippen LogP contribution in [0.5, 0.6) is 5.75 Å². The first-order chi connectivity index (χ1) is 8.15. The number of nitriles is 1. The zero-order valence-electron chi connectivity index (χ0n) is 9.52. The van der Waals surface area contributed by atoms with Crippen molar-refractivity contribution < 1.29 is 9.63 Å². The molecule has 1 aromatic rings. The summed E-state index contributed by atoms with van der Waals surface area (Å²) >= 11 is 0. The Bertz CT molecular complexity index is 541. The standard InChI is InChI=1S/C12H11N3O2/c1-15(2)12(16)9(7-13)11-8-5-3-4-6-10(8)17-14-11/h3-6,14H,1-2H3. The minimum atomic E-state index is -0.352. The lowest BCUT2D eigenvalue weighted by Gasteiger charge is -2.10. The van der Waals surface area contributed by atoms with Crippen molar-refractivity contribution in [2.45, 2.75) is 0 Å². The van der Waals surface area contributed by atoms with E-state index in [4.69, 9.17) is 10.1 Å². The highest BCUT2D eigenvalue weighted by molar-refractivity contribution is 6.05. The van der Waals surface area contributed by atoms with Crippen molar-refractivity contribution in [3.63, 3.8) is 0 Å². The van der Waals surface area contributed by atoms with E-state index in [0.717, 1.165) is 5.56 Å². The van der Waals surface area contributed by atoms with Gasteiger partial charge in [0.2, 0.25) is 0 Å². The summed E-state index contributed by atoms with van der Waals surface area (Å²) in [5.41, 5.74) is 3.80. The topological polar surface area (TPSA) is 65.4 Å². The molecule has 86 valence electrons. The van der Waals surface area contributed by atoms with Crippen LogP contribution in [0.4, 0.5) is 0 Å². The fourth-order valence-corrected chi connectivity index (χ4v) is 1.54. The van der Waals surface area contributed by atoms with Gasteiger partial charge in [-0.1, -0.05) is 12.1 Å². The minimum absolute atomic E-state index is 0.0416. The number of para-hydroxylation sites is 1. The maximum atomic E-state index is 11.8. The van der Waals surface area contributed by atoms with Gasteiger partial charge in [-0.2, -0.15) is 5.26 Å². The van der Waals surface area contributed by atoms with Gasteiger partial charge in [-0.3, -0.25) is 4.79 Å². The van der Waals surface area contributed by atoms with Crippen LogP contribution in [0.2, 0.25) is 0 Å². The van der Waals surface area contributed by atoms with Gasteiger partial charge in [-0.05, 0) is 12.1 Å². The Labute approximate surface area is 98.9 Å². The number of likely N-dealkylation sites (N-methyl/N-ethyl adjacent to an activating group) is 1. The molecule has 5 nitrogen and oxygen atoms in total. The number of hydroxylamine groups is 1. The number of fused-ring (bicyclic) bond motifs is 1. The average molecular weight is 229 g/mol. The number of amides is 1. The highest BCUT2D eigenvalue weighted by Gasteiger charge is 2.25. The summed E-state index contributed by atoms with van der Waals surface area (Å²) in [6.07, 6.45) is 0. The van der Waals surface area contributed by atoms with Crippen molar-refractivity contribution in [2.75, 3.05) is 14.1 Å². The second-order valence-electron chi connectivity index (χ2n) is 3.76. The van der Waals surface area contributed by atoms with Gasteiger partial charge in [0.25, 0.3) is 5.91 Å². The van der Waals surface area contributed by atoms with Crippen molar-refractivity contribution in [1.29, 1.82) is 5.26 Å². The second-order valence-corrected chi connectivity index (χ2v) is 3.76. The van der Waals surface area contributed by atoms with Crippen molar-refractivity contribution >= 4 is 11.6 Å². The van der Waals surface area contributed by atoms with Crippen LogP contribution in [0, 0.1) is 11.3 Å². The van der Waals surface area contributed by atoms with Gasteiger partial charge in [0.1, 0.15) is 17.3 Å². The molecule has 0 radical (unpaired) electrons. The summed E-state index contributed by atoms with van der Waals surface area (Å²) < 4.78 is 0. The van der Waals surface area contributed by atoms with Crippen LogP contribution in [-0.4, -0.2) is 24.9 Å². The van der Waals surface area contributed by atoms with E-state index >= 15 is 0 Å². The SMILES string of the molecule is CN(C)C(=O)C(C#N)=C1NOc2ccccc21. The highest BCUT2D eigenvalue weighted by Crippen LogP contribution is 2.31. The molecule has 0 aliphatic carbocycles. The normalized spacial score (nSPS) is 15.1. The summed E-state index contributed by atoms with van der Waals surface area (Å²) in [7, 11) is 3.20. The molecule has 0 saturated heterocycles. The number of nitrogens with one attached hydrogen (secondary N) is 1. The molecule has 0 spiro atoms. The number of rotatable bonds is 1. The van der Waals surface area contributed by atoms with Crippen molar-refractivity contribution in [2.24, 2.45) is 0 Å². The Hall–Kier alpha value is -2.48. The number of hydrogen-bond acceptors (Lipinski definition) is 4. The van der Waals surface area contributed by atoms with E-state index in [0.29, 0.717) is 11.4 Å². The first kappa shape index (κ1) is 11.0. The van der Waals surface area contributed by atoms with E-state index in [1.165, 1.54) is 4.90 Å². The lowest BCUT2D eigenvalue weighted by molar-refractivity contribution is -0.124. The Kier molecular flexibility index (Phi) is 2.71. The molecule has 5 heteroatoms. The summed E-state index contributed by atoms with van der Waals surface area (Å²) in [4.78, 5) is 18.4. The molecule has 1 heterocycles. The summed E-state index contributed by atoms with van der Waals surface area (Å²) in [6.45, 7) is 0. The fraction of sp³-hybridized carbons (Fsp3) is 0.167. The molecule has 1 N–H and O–H groups in total. The van der Waals surface area contributed by atoms with Crippen LogP contribution < -0.4 is 10.3 Å². The highest BCUT2D eigenvalue weighted by atomic mass is 16.7. The number of hydrogen-bond donors (Lipinski definition) is 1. The summed E-state index contributed by atoms with van der Waals surface area (Å²) in [6, 6.07) is 9.12. The van der Waals surface area contributed by atoms with Crippen LogP contribution >= 0.6 is 0 Å². The smallest absolute Gasteiger partial charge is 0.266 e. The zero-order valence-corrected chi connectivity index (χ0v) is 9.52. The Morgan fingerprint density at radius 1 is 1.41 bits per heavy atom. The molecule has 1 aliphatic heterocycles. The Balaban J connectivity index is 2.54. The Morgan fingerprint density at radius 3 is 2.76 bits per heavy atom. The fourth-order valence-electron chi connectivity index (χ4n) is 1.54. The molecule has 0 aromatic heterocycles. The number of carbonyl (C=O) groups excluding carboxylic acids is 1. The molecule has 0 saturated carbocycles. The predicted molar refractivity (Wildman–Crippen MR) is 61.4 cm³/mol. The molecular weight excluding hydrogens is 218 g/mol. The van der Waals surface area contributed by atoms with Gasteiger partial charge in [0.15, 0.2) is 5.75 Å². The van der Waals surface area contributed by atoms with Crippen LogP contribution in [0.25, 0.3) is 5.70 Å². The summed E-state index contributed by atoms with van der Waals surface area (Å²) in [5, 5.41) is 9.08. The minimum Gasteiger partial charge on any atom is -0.381 e. The van der Waals surface area contributed by atoms with Crippen molar-refractivity contribution in [3.05, 3.63) is 35.4 Å². The molecule has 1 aliphatic rings. The van der Waals surface area contributed by atoms with Crippen LogP contribution in [0.15, 0.2) is 29.8 Å². The maximum absolute atomic E-state index is 11.8. The van der Waals surface area contributed by atoms with Gasteiger partial charge in [-0.15, -0.1) is 0 Å². The van der Waals surface area contributed by atoms with E-state index in [1.807, 2.05) is 18.2 Å².